The van der Waals surface area contributed by atoms with E-state index < -0.39 is 11.0 Å². The first-order chi connectivity index (χ1) is 13.9. The Hall–Kier alpha value is -2.93. The quantitative estimate of drug-likeness (QED) is 0.550. The predicted molar refractivity (Wildman–Crippen MR) is 112 cm³/mol. The molecule has 1 heterocycles. The number of rotatable bonds is 5. The summed E-state index contributed by atoms with van der Waals surface area (Å²) in [7, 11) is 2.08. The molecule has 0 aromatic heterocycles. The first-order valence-corrected chi connectivity index (χ1v) is 9.89. The number of piperidine rings is 1. The van der Waals surface area contributed by atoms with Gasteiger partial charge in [0, 0.05) is 24.7 Å². The summed E-state index contributed by atoms with van der Waals surface area (Å²) in [5.41, 5.74) is 1.01. The van der Waals surface area contributed by atoms with E-state index in [2.05, 4.69) is 37.1 Å². The molecule has 1 aromatic carbocycles. The first-order valence-electron chi connectivity index (χ1n) is 9.89. The van der Waals surface area contributed by atoms with Gasteiger partial charge in [-0.3, -0.25) is 10.1 Å². The minimum absolute atomic E-state index is 0.0355. The van der Waals surface area contributed by atoms with Crippen LogP contribution >= 0.6 is 0 Å². The van der Waals surface area contributed by atoms with Crippen LogP contribution in [0.3, 0.4) is 0 Å². The van der Waals surface area contributed by atoms with Crippen LogP contribution in [0.2, 0.25) is 0 Å². The van der Waals surface area contributed by atoms with Crippen LogP contribution in [-0.2, 0) is 0 Å². The first kappa shape index (κ1) is 20.8. The Labute approximate surface area is 171 Å². The third-order valence-electron chi connectivity index (χ3n) is 5.31. The molecule has 1 aliphatic carbocycles. The number of allylic oxidation sites excluding steroid dienone is 4. The van der Waals surface area contributed by atoms with Crippen molar-refractivity contribution in [1.29, 1.82) is 0 Å². The second kappa shape index (κ2) is 9.52. The highest BCUT2D eigenvalue weighted by Crippen LogP contribution is 2.22. The Morgan fingerprint density at radius 1 is 1.24 bits per heavy atom. The maximum atomic E-state index is 13.0. The number of carbonyl (C=O) groups is 1. The maximum Gasteiger partial charge on any atom is 0.415 e. The summed E-state index contributed by atoms with van der Waals surface area (Å²) >= 11 is 0. The number of benzene rings is 1. The van der Waals surface area contributed by atoms with Gasteiger partial charge in [0.1, 0.15) is 5.75 Å². The molecule has 1 amide bonds. The third kappa shape index (κ3) is 5.77. The average Bonchev–Trinajstić information content (AvgIpc) is 2.91. The van der Waals surface area contributed by atoms with E-state index in [1.807, 2.05) is 12.2 Å². The molecule has 29 heavy (non-hydrogen) atoms. The molecule has 7 heteroatoms. The fourth-order valence-corrected chi connectivity index (χ4v) is 3.50. The lowest BCUT2D eigenvalue weighted by Gasteiger charge is -2.36. The molecule has 1 unspecified atom stereocenters. The largest absolute Gasteiger partial charge is 0.415 e. The average molecular weight is 397 g/mol. The van der Waals surface area contributed by atoms with Gasteiger partial charge in [0.15, 0.2) is 0 Å². The zero-order chi connectivity index (χ0) is 20.8. The van der Waals surface area contributed by atoms with Gasteiger partial charge in [0.05, 0.1) is 4.92 Å². The molecule has 1 atom stereocenters. The van der Waals surface area contributed by atoms with Gasteiger partial charge in [0.25, 0.3) is 5.69 Å². The molecule has 1 aliphatic heterocycles. The van der Waals surface area contributed by atoms with E-state index in [9.17, 15) is 14.9 Å². The molecule has 0 radical (unpaired) electrons. The lowest BCUT2D eigenvalue weighted by molar-refractivity contribution is -0.384. The molecule has 0 spiro atoms. The van der Waals surface area contributed by atoms with Gasteiger partial charge in [0.2, 0.25) is 0 Å². The molecular formula is C22H27N3O4. The summed E-state index contributed by atoms with van der Waals surface area (Å²) in [5.74, 6) is 0.657. The zero-order valence-corrected chi connectivity index (χ0v) is 16.9. The van der Waals surface area contributed by atoms with E-state index in [0.717, 1.165) is 31.5 Å². The molecule has 1 fully saturated rings. The Bertz CT molecular complexity index is 821. The number of nitro groups is 1. The lowest BCUT2D eigenvalue weighted by Crippen LogP contribution is -2.48. The van der Waals surface area contributed by atoms with Crippen LogP contribution in [-0.4, -0.2) is 53.5 Å². The number of non-ortho nitro benzene ring substituents is 1. The monoisotopic (exact) mass is 397 g/mol. The van der Waals surface area contributed by atoms with Gasteiger partial charge < -0.3 is 14.5 Å². The van der Waals surface area contributed by atoms with Crippen molar-refractivity contribution in [3.63, 3.8) is 0 Å². The Kier molecular flexibility index (Phi) is 6.82. The summed E-state index contributed by atoms with van der Waals surface area (Å²) in [6.07, 6.45) is 11.7. The fourth-order valence-electron chi connectivity index (χ4n) is 3.50. The number of amides is 1. The minimum atomic E-state index is -0.476. The number of hydrogen-bond donors (Lipinski definition) is 0. The summed E-state index contributed by atoms with van der Waals surface area (Å²) in [6, 6.07) is 5.68. The summed E-state index contributed by atoms with van der Waals surface area (Å²) < 4.78 is 5.57. The van der Waals surface area contributed by atoms with Crippen LogP contribution in [0.25, 0.3) is 0 Å². The van der Waals surface area contributed by atoms with Gasteiger partial charge in [-0.15, -0.1) is 0 Å². The number of nitro benzene ring substituents is 1. The number of carbonyl (C=O) groups excluding carboxylic acids is 1. The van der Waals surface area contributed by atoms with Crippen molar-refractivity contribution in [3.05, 3.63) is 70.3 Å². The second-order valence-corrected chi connectivity index (χ2v) is 7.63. The molecule has 2 aliphatic rings. The number of ether oxygens (including phenoxy) is 1. The van der Waals surface area contributed by atoms with Crippen LogP contribution in [0.1, 0.15) is 19.8 Å². The Morgan fingerprint density at radius 2 is 1.93 bits per heavy atom. The van der Waals surface area contributed by atoms with Crippen molar-refractivity contribution in [2.45, 2.75) is 25.8 Å². The van der Waals surface area contributed by atoms with Crippen molar-refractivity contribution in [2.75, 3.05) is 26.7 Å². The van der Waals surface area contributed by atoms with E-state index >= 15 is 0 Å². The van der Waals surface area contributed by atoms with E-state index in [0.29, 0.717) is 18.2 Å². The van der Waals surface area contributed by atoms with Crippen molar-refractivity contribution in [3.8, 4) is 5.75 Å². The molecule has 0 saturated carbocycles. The van der Waals surface area contributed by atoms with Gasteiger partial charge >= 0.3 is 6.09 Å². The SMILES string of the molecule is CC1C=CC=C(CN(C(=O)Oc2ccc([N+](=O)[O-])cc2)C2CCN(C)CC2)C=C1. The van der Waals surface area contributed by atoms with Crippen molar-refractivity contribution < 1.29 is 14.5 Å². The van der Waals surface area contributed by atoms with Gasteiger partial charge in [-0.2, -0.15) is 0 Å². The maximum absolute atomic E-state index is 13.0. The van der Waals surface area contributed by atoms with Crippen molar-refractivity contribution in [2.24, 2.45) is 5.92 Å². The Morgan fingerprint density at radius 3 is 2.59 bits per heavy atom. The van der Waals surface area contributed by atoms with E-state index in [1.165, 1.54) is 24.3 Å². The van der Waals surface area contributed by atoms with Crippen LogP contribution in [0.4, 0.5) is 10.5 Å². The zero-order valence-electron chi connectivity index (χ0n) is 16.9. The molecule has 154 valence electrons. The normalized spacial score (nSPS) is 20.1. The highest BCUT2D eigenvalue weighted by molar-refractivity contribution is 5.71. The Balaban J connectivity index is 1.75. The predicted octanol–water partition coefficient (Wildman–Crippen LogP) is 4.18. The molecule has 1 saturated heterocycles. The minimum Gasteiger partial charge on any atom is -0.410 e. The third-order valence-corrected chi connectivity index (χ3v) is 5.31. The van der Waals surface area contributed by atoms with Crippen LogP contribution in [0.5, 0.6) is 5.75 Å². The topological polar surface area (TPSA) is 75.9 Å². The van der Waals surface area contributed by atoms with Crippen LogP contribution in [0.15, 0.2) is 60.2 Å². The number of likely N-dealkylation sites (tertiary alicyclic amines) is 1. The molecular weight excluding hydrogens is 370 g/mol. The summed E-state index contributed by atoms with van der Waals surface area (Å²) in [6.45, 7) is 4.44. The smallest absolute Gasteiger partial charge is 0.410 e. The van der Waals surface area contributed by atoms with Crippen molar-refractivity contribution >= 4 is 11.8 Å². The highest BCUT2D eigenvalue weighted by Gasteiger charge is 2.29. The fraction of sp³-hybridized carbons (Fsp3) is 0.409. The lowest BCUT2D eigenvalue weighted by atomic mass is 10.0. The summed E-state index contributed by atoms with van der Waals surface area (Å²) in [5, 5.41) is 10.8. The van der Waals surface area contributed by atoms with Crippen molar-refractivity contribution in [1.82, 2.24) is 9.80 Å². The van der Waals surface area contributed by atoms with E-state index in [1.54, 1.807) is 4.90 Å². The van der Waals surface area contributed by atoms with E-state index in [4.69, 9.17) is 4.74 Å². The molecule has 0 bridgehead atoms. The molecule has 3 rings (SSSR count). The van der Waals surface area contributed by atoms with Gasteiger partial charge in [-0.05, 0) is 56.6 Å². The van der Waals surface area contributed by atoms with E-state index in [-0.39, 0.29) is 11.7 Å². The van der Waals surface area contributed by atoms with Gasteiger partial charge in [-0.25, -0.2) is 4.79 Å². The standard InChI is InChI=1S/C22H27N3O4/c1-17-4-3-5-18(7-6-17)16-24(19-12-14-23(2)15-13-19)22(26)29-21-10-8-20(9-11-21)25(27)28/h3-11,17,19H,12-16H2,1-2H3. The van der Waals surface area contributed by atoms with Crippen LogP contribution in [0, 0.1) is 16.0 Å². The molecule has 7 nitrogen and oxygen atoms in total. The number of nitrogens with zero attached hydrogens (tertiary/aromatic N) is 3. The molecule has 1 aromatic rings. The van der Waals surface area contributed by atoms with Gasteiger partial charge in [-0.1, -0.05) is 37.3 Å². The second-order valence-electron chi connectivity index (χ2n) is 7.63. The summed E-state index contributed by atoms with van der Waals surface area (Å²) in [4.78, 5) is 27.4. The number of hydrogen-bond acceptors (Lipinski definition) is 5. The molecule has 0 N–H and O–H groups in total. The van der Waals surface area contributed by atoms with Crippen LogP contribution < -0.4 is 4.74 Å². The highest BCUT2D eigenvalue weighted by atomic mass is 16.6.